The number of H-pyrrole nitrogens is 1. The third-order valence-corrected chi connectivity index (χ3v) is 5.05. The number of nitro groups is 1. The Labute approximate surface area is 142 Å². The highest BCUT2D eigenvalue weighted by Crippen LogP contribution is 2.34. The van der Waals surface area contributed by atoms with Gasteiger partial charge in [-0.15, -0.1) is 16.4 Å². The molecule has 1 aromatic carbocycles. The zero-order valence-corrected chi connectivity index (χ0v) is 14.2. The third-order valence-electron chi connectivity index (χ3n) is 2.75. The summed E-state index contributed by atoms with van der Waals surface area (Å²) >= 11 is 6.06. The predicted molar refractivity (Wildman–Crippen MR) is 88.4 cm³/mol. The van der Waals surface area contributed by atoms with Crippen LogP contribution in [-0.4, -0.2) is 20.1 Å². The molecule has 0 amide bonds. The van der Waals surface area contributed by atoms with Gasteiger partial charge in [-0.3, -0.25) is 15.2 Å². The van der Waals surface area contributed by atoms with Crippen LogP contribution in [0, 0.1) is 10.1 Å². The predicted octanol–water partition coefficient (Wildman–Crippen LogP) is 4.28. The Bertz CT molecular complexity index is 804. The quantitative estimate of drug-likeness (QED) is 0.513. The number of nitrogens with zero attached hydrogens (tertiary/aromatic N) is 3. The van der Waals surface area contributed by atoms with Gasteiger partial charge in [0.25, 0.3) is 5.69 Å². The maximum atomic E-state index is 11.1. The van der Waals surface area contributed by atoms with Crippen LogP contribution in [0.2, 0.25) is 0 Å². The SMILES string of the molecule is O=[N+]([O-])c1cc(Br)ccc1Sc1n[nH]c(Cc2cccs2)n1. The smallest absolute Gasteiger partial charge is 0.262 e. The fraction of sp³-hybridized carbons (Fsp3) is 0.0769. The summed E-state index contributed by atoms with van der Waals surface area (Å²) in [6.45, 7) is 0. The average Bonchev–Trinajstić information content (AvgIpc) is 3.13. The number of benzene rings is 1. The first kappa shape index (κ1) is 15.2. The van der Waals surface area contributed by atoms with Crippen LogP contribution in [0.15, 0.2) is 50.2 Å². The number of thiophene rings is 1. The molecule has 3 aromatic rings. The van der Waals surface area contributed by atoms with Crippen LogP contribution in [0.25, 0.3) is 0 Å². The number of aromatic amines is 1. The van der Waals surface area contributed by atoms with E-state index in [0.29, 0.717) is 20.9 Å². The van der Waals surface area contributed by atoms with Crippen LogP contribution in [0.1, 0.15) is 10.7 Å². The monoisotopic (exact) mass is 396 g/mol. The average molecular weight is 397 g/mol. The van der Waals surface area contributed by atoms with Crippen molar-refractivity contribution < 1.29 is 4.92 Å². The molecule has 112 valence electrons. The van der Waals surface area contributed by atoms with E-state index in [0.717, 1.165) is 5.82 Å². The minimum Gasteiger partial charge on any atom is -0.262 e. The van der Waals surface area contributed by atoms with E-state index in [1.165, 1.54) is 22.7 Å². The summed E-state index contributed by atoms with van der Waals surface area (Å²) in [5, 5.41) is 20.6. The van der Waals surface area contributed by atoms with Crippen LogP contribution in [0.5, 0.6) is 0 Å². The molecule has 0 bridgehead atoms. The summed E-state index contributed by atoms with van der Waals surface area (Å²) in [6.07, 6.45) is 0.674. The Balaban J connectivity index is 1.79. The molecule has 0 spiro atoms. The van der Waals surface area contributed by atoms with Gasteiger partial charge < -0.3 is 0 Å². The van der Waals surface area contributed by atoms with E-state index in [2.05, 4.69) is 31.1 Å². The van der Waals surface area contributed by atoms with Gasteiger partial charge in [0.2, 0.25) is 5.16 Å². The number of nitro benzene ring substituents is 1. The maximum absolute atomic E-state index is 11.1. The molecule has 22 heavy (non-hydrogen) atoms. The molecule has 0 unspecified atom stereocenters. The molecule has 0 saturated carbocycles. The molecule has 6 nitrogen and oxygen atoms in total. The van der Waals surface area contributed by atoms with E-state index < -0.39 is 4.92 Å². The summed E-state index contributed by atoms with van der Waals surface area (Å²) < 4.78 is 0.664. The minimum absolute atomic E-state index is 0.0315. The number of halogens is 1. The normalized spacial score (nSPS) is 10.8. The van der Waals surface area contributed by atoms with Crippen molar-refractivity contribution in [2.75, 3.05) is 0 Å². The highest BCUT2D eigenvalue weighted by molar-refractivity contribution is 9.10. The van der Waals surface area contributed by atoms with Crippen molar-refractivity contribution in [3.63, 3.8) is 0 Å². The number of nitrogens with one attached hydrogen (secondary N) is 1. The van der Waals surface area contributed by atoms with Gasteiger partial charge >= 0.3 is 0 Å². The van der Waals surface area contributed by atoms with Crippen molar-refractivity contribution >= 4 is 44.7 Å². The summed E-state index contributed by atoms with van der Waals surface area (Å²) in [6, 6.07) is 8.93. The van der Waals surface area contributed by atoms with Crippen molar-refractivity contribution in [2.24, 2.45) is 0 Å². The molecule has 0 aliphatic heterocycles. The van der Waals surface area contributed by atoms with Gasteiger partial charge in [0.05, 0.1) is 9.82 Å². The van der Waals surface area contributed by atoms with Crippen molar-refractivity contribution in [3.8, 4) is 0 Å². The molecule has 0 fully saturated rings. The highest BCUT2D eigenvalue weighted by Gasteiger charge is 2.17. The molecule has 0 atom stereocenters. The first-order valence-corrected chi connectivity index (χ1v) is 8.66. The van der Waals surface area contributed by atoms with Crippen LogP contribution in [0.3, 0.4) is 0 Å². The molecule has 3 rings (SSSR count). The molecular weight excluding hydrogens is 388 g/mol. The summed E-state index contributed by atoms with van der Waals surface area (Å²) in [5.74, 6) is 0.740. The van der Waals surface area contributed by atoms with E-state index >= 15 is 0 Å². The standard InChI is InChI=1S/C13H9BrN4O2S2/c14-8-3-4-11(10(6-8)18(19)20)22-13-15-12(16-17-13)7-9-2-1-5-21-9/h1-6H,7H2,(H,15,16,17). The molecule has 0 radical (unpaired) electrons. The summed E-state index contributed by atoms with van der Waals surface area (Å²) in [4.78, 5) is 16.8. The van der Waals surface area contributed by atoms with Gasteiger partial charge in [-0.05, 0) is 35.3 Å². The lowest BCUT2D eigenvalue weighted by molar-refractivity contribution is -0.387. The lowest BCUT2D eigenvalue weighted by Crippen LogP contribution is -1.91. The Kier molecular flexibility index (Phi) is 4.55. The lowest BCUT2D eigenvalue weighted by Gasteiger charge is -2.00. The van der Waals surface area contributed by atoms with E-state index in [1.807, 2.05) is 17.5 Å². The number of aromatic nitrogens is 3. The molecule has 2 heterocycles. The van der Waals surface area contributed by atoms with Crippen molar-refractivity contribution in [2.45, 2.75) is 16.5 Å². The Morgan fingerprint density at radius 3 is 3.00 bits per heavy atom. The van der Waals surface area contributed by atoms with Crippen molar-refractivity contribution in [3.05, 3.63) is 61.0 Å². The number of hydrogen-bond acceptors (Lipinski definition) is 6. The molecule has 0 saturated heterocycles. The highest BCUT2D eigenvalue weighted by atomic mass is 79.9. The van der Waals surface area contributed by atoms with Gasteiger partial charge in [-0.1, -0.05) is 22.0 Å². The van der Waals surface area contributed by atoms with E-state index in [1.54, 1.807) is 23.5 Å². The third kappa shape index (κ3) is 3.54. The second kappa shape index (κ2) is 6.59. The first-order chi connectivity index (χ1) is 10.6. The largest absolute Gasteiger partial charge is 0.284 e. The minimum atomic E-state index is -0.410. The van der Waals surface area contributed by atoms with Crippen LogP contribution in [0.4, 0.5) is 5.69 Å². The Morgan fingerprint density at radius 1 is 1.41 bits per heavy atom. The van der Waals surface area contributed by atoms with Crippen molar-refractivity contribution in [1.29, 1.82) is 0 Å². The summed E-state index contributed by atoms with van der Waals surface area (Å²) in [7, 11) is 0. The zero-order valence-electron chi connectivity index (χ0n) is 11.0. The van der Waals surface area contributed by atoms with Gasteiger partial charge in [0.15, 0.2) is 0 Å². The van der Waals surface area contributed by atoms with E-state index in [-0.39, 0.29) is 5.69 Å². The van der Waals surface area contributed by atoms with E-state index in [9.17, 15) is 10.1 Å². The van der Waals surface area contributed by atoms with E-state index in [4.69, 9.17) is 0 Å². The molecule has 0 aliphatic carbocycles. The molecule has 9 heteroatoms. The van der Waals surface area contributed by atoms with Crippen LogP contribution < -0.4 is 0 Å². The Morgan fingerprint density at radius 2 is 2.27 bits per heavy atom. The lowest BCUT2D eigenvalue weighted by atomic mass is 10.3. The second-order valence-corrected chi connectivity index (χ2v) is 7.25. The fourth-order valence-corrected chi connectivity index (χ4v) is 3.67. The van der Waals surface area contributed by atoms with Crippen LogP contribution in [-0.2, 0) is 6.42 Å². The van der Waals surface area contributed by atoms with Gasteiger partial charge in [-0.25, -0.2) is 4.98 Å². The topological polar surface area (TPSA) is 84.7 Å². The number of rotatable bonds is 5. The molecule has 2 aromatic heterocycles. The second-order valence-electron chi connectivity index (χ2n) is 4.29. The van der Waals surface area contributed by atoms with Gasteiger partial charge in [0.1, 0.15) is 5.82 Å². The maximum Gasteiger partial charge on any atom is 0.284 e. The fourth-order valence-electron chi connectivity index (χ4n) is 1.80. The summed E-state index contributed by atoms with van der Waals surface area (Å²) in [5.41, 5.74) is 0.0315. The zero-order chi connectivity index (χ0) is 15.5. The van der Waals surface area contributed by atoms with Gasteiger partial charge in [0, 0.05) is 21.8 Å². The Hall–Kier alpha value is -1.71. The van der Waals surface area contributed by atoms with Gasteiger partial charge in [-0.2, -0.15) is 0 Å². The van der Waals surface area contributed by atoms with Crippen molar-refractivity contribution in [1.82, 2.24) is 15.2 Å². The molecular formula is C13H9BrN4O2S2. The van der Waals surface area contributed by atoms with Crippen LogP contribution >= 0.6 is 39.0 Å². The number of hydrogen-bond donors (Lipinski definition) is 1. The first-order valence-electron chi connectivity index (χ1n) is 6.17. The molecule has 1 N–H and O–H groups in total. The molecule has 0 aliphatic rings.